The number of nitrogens with one attached hydrogen (secondary N) is 1. The first-order valence-corrected chi connectivity index (χ1v) is 10.1. The van der Waals surface area contributed by atoms with Crippen molar-refractivity contribution in [2.24, 2.45) is 0 Å². The fourth-order valence-corrected chi connectivity index (χ4v) is 3.88. The Bertz CT molecular complexity index is 948. The van der Waals surface area contributed by atoms with E-state index in [1.807, 2.05) is 24.3 Å². The summed E-state index contributed by atoms with van der Waals surface area (Å²) in [6.45, 7) is 2.70. The lowest BCUT2D eigenvalue weighted by atomic mass is 10.0. The van der Waals surface area contributed by atoms with Crippen LogP contribution < -0.4 is 10.2 Å². The molecule has 2 aromatic carbocycles. The first-order valence-electron chi connectivity index (χ1n) is 10.1. The van der Waals surface area contributed by atoms with Crippen molar-refractivity contribution >= 4 is 28.4 Å². The third-order valence-corrected chi connectivity index (χ3v) is 5.43. The quantitative estimate of drug-likeness (QED) is 0.496. The second-order valence-electron chi connectivity index (χ2n) is 7.37. The summed E-state index contributed by atoms with van der Waals surface area (Å²) >= 11 is 0. The van der Waals surface area contributed by atoms with Crippen LogP contribution in [0, 0.1) is 11.3 Å². The smallest absolute Gasteiger partial charge is 0.262 e. The summed E-state index contributed by atoms with van der Waals surface area (Å²) in [5.74, 6) is -0.570. The van der Waals surface area contributed by atoms with Gasteiger partial charge in [0.15, 0.2) is 0 Å². The molecule has 0 aromatic heterocycles. The highest BCUT2D eigenvalue weighted by Crippen LogP contribution is 2.34. The van der Waals surface area contributed by atoms with Crippen LogP contribution in [0.15, 0.2) is 42.0 Å². The third kappa shape index (κ3) is 4.76. The van der Waals surface area contributed by atoms with E-state index in [0.717, 1.165) is 29.3 Å². The average molecular weight is 393 g/mol. The molecule has 0 aliphatic carbocycles. The molecule has 0 saturated carbocycles. The molecule has 6 heteroatoms. The second-order valence-corrected chi connectivity index (χ2v) is 7.37. The van der Waals surface area contributed by atoms with Gasteiger partial charge < -0.3 is 20.4 Å². The lowest BCUT2D eigenvalue weighted by Gasteiger charge is -2.27. The molecule has 3 rings (SSSR count). The monoisotopic (exact) mass is 393 g/mol. The topological polar surface area (TPSA) is 96.6 Å². The molecule has 1 aliphatic rings. The van der Waals surface area contributed by atoms with Crippen LogP contribution in [0.5, 0.6) is 0 Å². The number of fused-ring (bicyclic) bond motifs is 1. The van der Waals surface area contributed by atoms with Crippen molar-refractivity contribution in [3.63, 3.8) is 0 Å². The third-order valence-electron chi connectivity index (χ3n) is 5.43. The summed E-state index contributed by atoms with van der Waals surface area (Å²) in [6.07, 6.45) is 4.00. The van der Waals surface area contributed by atoms with Gasteiger partial charge in [0, 0.05) is 30.2 Å². The highest BCUT2D eigenvalue weighted by molar-refractivity contribution is 6.03. The minimum absolute atomic E-state index is 0.0421. The van der Waals surface area contributed by atoms with Crippen molar-refractivity contribution in [3.05, 3.63) is 47.5 Å². The summed E-state index contributed by atoms with van der Waals surface area (Å²) < 4.78 is 0. The van der Waals surface area contributed by atoms with Crippen molar-refractivity contribution in [3.8, 4) is 6.07 Å². The standard InChI is InChI=1S/C23H27N3O3/c1-2-19-6-4-10-26(19)22-7-3-5-17-9-8-16(12-21(17)22)11-18(13-24)23(29)25-14-20(28)15-27/h3,5,7-9,11-12,19-20,27-28H,2,4,6,10,14-15H2,1H3,(H,25,29)/b18-11+. The zero-order chi connectivity index (χ0) is 20.8. The first-order chi connectivity index (χ1) is 14.1. The van der Waals surface area contributed by atoms with Crippen LogP contribution >= 0.6 is 0 Å². The second kappa shape index (κ2) is 9.55. The summed E-state index contributed by atoms with van der Waals surface area (Å²) in [5, 5.41) is 32.3. The molecule has 0 bridgehead atoms. The number of hydrogen-bond acceptors (Lipinski definition) is 5. The molecule has 2 unspecified atom stereocenters. The number of nitrogens with zero attached hydrogens (tertiary/aromatic N) is 2. The van der Waals surface area contributed by atoms with Crippen LogP contribution in [0.1, 0.15) is 31.7 Å². The maximum absolute atomic E-state index is 12.2. The van der Waals surface area contributed by atoms with Gasteiger partial charge in [0.2, 0.25) is 0 Å². The minimum atomic E-state index is -1.05. The molecule has 1 fully saturated rings. The van der Waals surface area contributed by atoms with Gasteiger partial charge in [-0.2, -0.15) is 5.26 Å². The molecule has 1 amide bonds. The van der Waals surface area contributed by atoms with Gasteiger partial charge in [-0.15, -0.1) is 0 Å². The van der Waals surface area contributed by atoms with Gasteiger partial charge in [0.25, 0.3) is 5.91 Å². The van der Waals surface area contributed by atoms with Crippen LogP contribution in [0.25, 0.3) is 16.8 Å². The van der Waals surface area contributed by atoms with Crippen molar-refractivity contribution in [1.82, 2.24) is 5.32 Å². The van der Waals surface area contributed by atoms with E-state index in [9.17, 15) is 15.2 Å². The Balaban J connectivity index is 1.92. The van der Waals surface area contributed by atoms with E-state index in [4.69, 9.17) is 5.11 Å². The Kier molecular flexibility index (Phi) is 6.86. The molecule has 1 aliphatic heterocycles. The lowest BCUT2D eigenvalue weighted by molar-refractivity contribution is -0.117. The van der Waals surface area contributed by atoms with Gasteiger partial charge in [-0.05, 0) is 48.4 Å². The zero-order valence-electron chi connectivity index (χ0n) is 16.6. The lowest BCUT2D eigenvalue weighted by Crippen LogP contribution is -2.34. The van der Waals surface area contributed by atoms with Crippen LogP contribution in [0.3, 0.4) is 0 Å². The fraction of sp³-hybridized carbons (Fsp3) is 0.391. The number of carbonyl (C=O) groups excluding carboxylic acids is 1. The predicted molar refractivity (Wildman–Crippen MR) is 114 cm³/mol. The van der Waals surface area contributed by atoms with E-state index >= 15 is 0 Å². The van der Waals surface area contributed by atoms with E-state index in [1.54, 1.807) is 6.08 Å². The summed E-state index contributed by atoms with van der Waals surface area (Å²) in [4.78, 5) is 14.7. The number of aliphatic hydroxyl groups is 2. The highest BCUT2D eigenvalue weighted by atomic mass is 16.3. The molecule has 152 valence electrons. The molecule has 1 saturated heterocycles. The Morgan fingerprint density at radius 1 is 1.41 bits per heavy atom. The van der Waals surface area contributed by atoms with Gasteiger partial charge in [-0.3, -0.25) is 4.79 Å². The summed E-state index contributed by atoms with van der Waals surface area (Å²) in [7, 11) is 0. The van der Waals surface area contributed by atoms with E-state index in [0.29, 0.717) is 6.04 Å². The van der Waals surface area contributed by atoms with E-state index < -0.39 is 18.6 Å². The number of hydrogen-bond donors (Lipinski definition) is 3. The van der Waals surface area contributed by atoms with Crippen LogP contribution in [0.2, 0.25) is 0 Å². The minimum Gasteiger partial charge on any atom is -0.394 e. The van der Waals surface area contributed by atoms with Gasteiger partial charge in [-0.1, -0.05) is 31.2 Å². The Hall–Kier alpha value is -2.88. The molecule has 0 radical (unpaired) electrons. The number of anilines is 1. The summed E-state index contributed by atoms with van der Waals surface area (Å²) in [6, 6.07) is 14.6. The SMILES string of the molecule is CCC1CCCN1c1cccc2ccc(/C=C(\C#N)C(=O)NCC(O)CO)cc12. The highest BCUT2D eigenvalue weighted by Gasteiger charge is 2.24. The number of carbonyl (C=O) groups is 1. The van der Waals surface area contributed by atoms with Gasteiger partial charge in [-0.25, -0.2) is 0 Å². The van der Waals surface area contributed by atoms with Crippen molar-refractivity contribution < 1.29 is 15.0 Å². The van der Waals surface area contributed by atoms with E-state index in [-0.39, 0.29) is 12.1 Å². The Morgan fingerprint density at radius 3 is 2.97 bits per heavy atom. The summed E-state index contributed by atoms with van der Waals surface area (Å²) in [5.41, 5.74) is 1.92. The normalized spacial score (nSPS) is 17.9. The number of aliphatic hydroxyl groups excluding tert-OH is 2. The Labute approximate surface area is 171 Å². The molecule has 2 aromatic rings. The first kappa shape index (κ1) is 20.8. The molecule has 3 N–H and O–H groups in total. The number of amides is 1. The number of nitriles is 1. The fourth-order valence-electron chi connectivity index (χ4n) is 3.88. The molecule has 1 heterocycles. The molecule has 6 nitrogen and oxygen atoms in total. The van der Waals surface area contributed by atoms with Gasteiger partial charge >= 0.3 is 0 Å². The molecule has 0 spiro atoms. The molecular formula is C23H27N3O3. The molecule has 2 atom stereocenters. The number of rotatable bonds is 7. The van der Waals surface area contributed by atoms with Gasteiger partial charge in [0.1, 0.15) is 11.6 Å². The zero-order valence-corrected chi connectivity index (χ0v) is 16.6. The van der Waals surface area contributed by atoms with E-state index in [2.05, 4.69) is 35.3 Å². The van der Waals surface area contributed by atoms with Crippen molar-refractivity contribution in [1.29, 1.82) is 5.26 Å². The van der Waals surface area contributed by atoms with Crippen LogP contribution in [-0.4, -0.2) is 48.0 Å². The maximum Gasteiger partial charge on any atom is 0.262 e. The van der Waals surface area contributed by atoms with Crippen molar-refractivity contribution in [2.45, 2.75) is 38.3 Å². The molecular weight excluding hydrogens is 366 g/mol. The van der Waals surface area contributed by atoms with Crippen molar-refractivity contribution in [2.75, 3.05) is 24.6 Å². The predicted octanol–water partition coefficient (Wildman–Crippen LogP) is 2.59. The van der Waals surface area contributed by atoms with Crippen LogP contribution in [0.4, 0.5) is 5.69 Å². The average Bonchev–Trinajstić information content (AvgIpc) is 3.23. The van der Waals surface area contributed by atoms with E-state index in [1.165, 1.54) is 18.5 Å². The van der Waals surface area contributed by atoms with Crippen LogP contribution in [-0.2, 0) is 4.79 Å². The maximum atomic E-state index is 12.2. The van der Waals surface area contributed by atoms with Gasteiger partial charge in [0.05, 0.1) is 12.7 Å². The molecule has 29 heavy (non-hydrogen) atoms. The Morgan fingerprint density at radius 2 is 2.24 bits per heavy atom. The number of benzene rings is 2. The largest absolute Gasteiger partial charge is 0.394 e.